The molecule has 104 valence electrons. The molecule has 0 aliphatic carbocycles. The van der Waals surface area contributed by atoms with Crippen molar-refractivity contribution in [1.82, 2.24) is 4.98 Å². The van der Waals surface area contributed by atoms with Gasteiger partial charge in [0.25, 0.3) is 0 Å². The van der Waals surface area contributed by atoms with Crippen molar-refractivity contribution in [3.63, 3.8) is 0 Å². The minimum absolute atomic E-state index is 0.0863. The van der Waals surface area contributed by atoms with Gasteiger partial charge in [-0.15, -0.1) is 0 Å². The van der Waals surface area contributed by atoms with Gasteiger partial charge in [-0.05, 0) is 39.7 Å². The molecular formula is C14H15BrN4O. The molecule has 1 aromatic carbocycles. The molecular weight excluding hydrogens is 320 g/mol. The topological polar surface area (TPSA) is 85.2 Å². The van der Waals surface area contributed by atoms with Crippen LogP contribution in [0.4, 0.5) is 11.5 Å². The van der Waals surface area contributed by atoms with Gasteiger partial charge >= 0.3 is 0 Å². The Morgan fingerprint density at radius 3 is 2.60 bits per heavy atom. The van der Waals surface area contributed by atoms with Gasteiger partial charge in [0.1, 0.15) is 5.82 Å². The van der Waals surface area contributed by atoms with Gasteiger partial charge in [-0.25, -0.2) is 4.98 Å². The van der Waals surface area contributed by atoms with Crippen LogP contribution in [0.25, 0.3) is 0 Å². The lowest BCUT2D eigenvalue weighted by Gasteiger charge is -2.23. The molecule has 0 radical (unpaired) electrons. The van der Waals surface area contributed by atoms with E-state index < -0.39 is 5.91 Å². The average molecular weight is 335 g/mol. The third-order valence-electron chi connectivity index (χ3n) is 2.80. The summed E-state index contributed by atoms with van der Waals surface area (Å²) < 4.78 is 0.875. The van der Waals surface area contributed by atoms with E-state index in [-0.39, 0.29) is 6.54 Å². The van der Waals surface area contributed by atoms with Crippen LogP contribution in [0.1, 0.15) is 5.56 Å². The van der Waals surface area contributed by atoms with E-state index in [4.69, 9.17) is 11.5 Å². The van der Waals surface area contributed by atoms with Gasteiger partial charge in [0.15, 0.2) is 0 Å². The zero-order valence-corrected chi connectivity index (χ0v) is 12.4. The van der Waals surface area contributed by atoms with Gasteiger partial charge in [-0.3, -0.25) is 4.79 Å². The maximum atomic E-state index is 11.2. The van der Waals surface area contributed by atoms with Crippen molar-refractivity contribution < 1.29 is 4.79 Å². The summed E-state index contributed by atoms with van der Waals surface area (Å²) >= 11 is 3.33. The number of carbonyl (C=O) groups excluding carboxylic acids is 1. The summed E-state index contributed by atoms with van der Waals surface area (Å²) in [5.74, 6) is 0.263. The molecule has 0 aliphatic heterocycles. The molecule has 2 rings (SSSR count). The average Bonchev–Trinajstić information content (AvgIpc) is 2.41. The predicted molar refractivity (Wildman–Crippen MR) is 83.0 cm³/mol. The number of hydrogen-bond donors (Lipinski definition) is 2. The maximum Gasteiger partial charge on any atom is 0.237 e. The van der Waals surface area contributed by atoms with Crippen LogP contribution in [0, 0.1) is 0 Å². The number of nitrogens with two attached hydrogens (primary N) is 2. The van der Waals surface area contributed by atoms with Crippen molar-refractivity contribution in [1.29, 1.82) is 0 Å². The van der Waals surface area contributed by atoms with Crippen molar-refractivity contribution in [3.8, 4) is 0 Å². The molecule has 0 spiro atoms. The number of nitrogens with zero attached hydrogens (tertiary/aromatic N) is 2. The number of carbonyl (C=O) groups is 1. The lowest BCUT2D eigenvalue weighted by molar-refractivity contribution is -0.116. The van der Waals surface area contributed by atoms with E-state index in [1.807, 2.05) is 36.4 Å². The second kappa shape index (κ2) is 6.38. The highest BCUT2D eigenvalue weighted by molar-refractivity contribution is 9.10. The number of aromatic nitrogens is 1. The number of amides is 1. The predicted octanol–water partition coefficient (Wildman–Crippen LogP) is 1.92. The molecule has 0 atom stereocenters. The number of nitrogen functional groups attached to an aromatic ring is 1. The Bertz CT molecular complexity index is 600. The number of halogens is 1. The van der Waals surface area contributed by atoms with Crippen molar-refractivity contribution in [2.45, 2.75) is 6.54 Å². The fourth-order valence-electron chi connectivity index (χ4n) is 1.84. The molecule has 0 aliphatic rings. The van der Waals surface area contributed by atoms with Crippen LogP contribution in [0.2, 0.25) is 0 Å². The van der Waals surface area contributed by atoms with Crippen LogP contribution < -0.4 is 16.4 Å². The largest absolute Gasteiger partial charge is 0.398 e. The summed E-state index contributed by atoms with van der Waals surface area (Å²) in [7, 11) is 0. The van der Waals surface area contributed by atoms with E-state index in [9.17, 15) is 4.79 Å². The minimum atomic E-state index is -0.413. The molecule has 0 bridgehead atoms. The number of primary amides is 1. The first-order valence-electron chi connectivity index (χ1n) is 6.04. The number of rotatable bonds is 5. The normalized spacial score (nSPS) is 10.2. The Morgan fingerprint density at radius 1 is 1.25 bits per heavy atom. The maximum absolute atomic E-state index is 11.2. The molecule has 4 N–H and O–H groups in total. The summed E-state index contributed by atoms with van der Waals surface area (Å²) in [4.78, 5) is 17.3. The molecule has 6 heteroatoms. The molecule has 2 aromatic rings. The van der Waals surface area contributed by atoms with Crippen LogP contribution in [-0.2, 0) is 11.3 Å². The Labute approximate surface area is 125 Å². The van der Waals surface area contributed by atoms with Crippen molar-refractivity contribution >= 4 is 33.3 Å². The minimum Gasteiger partial charge on any atom is -0.398 e. The summed E-state index contributed by atoms with van der Waals surface area (Å²) in [6.07, 6.45) is 1.68. The van der Waals surface area contributed by atoms with E-state index >= 15 is 0 Å². The van der Waals surface area contributed by atoms with Gasteiger partial charge in [0, 0.05) is 22.9 Å². The molecule has 20 heavy (non-hydrogen) atoms. The second-order valence-corrected chi connectivity index (χ2v) is 5.27. The lowest BCUT2D eigenvalue weighted by Crippen LogP contribution is -2.34. The van der Waals surface area contributed by atoms with E-state index in [1.165, 1.54) is 0 Å². The summed E-state index contributed by atoms with van der Waals surface area (Å²) in [6.45, 7) is 0.563. The van der Waals surface area contributed by atoms with E-state index in [2.05, 4.69) is 20.9 Å². The van der Waals surface area contributed by atoms with E-state index in [0.29, 0.717) is 18.1 Å². The number of anilines is 2. The highest BCUT2D eigenvalue weighted by Gasteiger charge is 2.12. The van der Waals surface area contributed by atoms with Crippen molar-refractivity contribution in [2.75, 3.05) is 17.2 Å². The highest BCUT2D eigenvalue weighted by Crippen LogP contribution is 2.19. The Kier molecular flexibility index (Phi) is 4.57. The molecule has 1 aromatic heterocycles. The molecule has 1 heterocycles. The number of hydrogen-bond acceptors (Lipinski definition) is 4. The van der Waals surface area contributed by atoms with Gasteiger partial charge < -0.3 is 16.4 Å². The van der Waals surface area contributed by atoms with E-state index in [1.54, 1.807) is 11.1 Å². The summed E-state index contributed by atoms with van der Waals surface area (Å²) in [5.41, 5.74) is 12.8. The first-order chi connectivity index (χ1) is 9.56. The van der Waals surface area contributed by atoms with Crippen LogP contribution in [-0.4, -0.2) is 17.4 Å². The smallest absolute Gasteiger partial charge is 0.237 e. The van der Waals surface area contributed by atoms with E-state index in [0.717, 1.165) is 10.0 Å². The summed E-state index contributed by atoms with van der Waals surface area (Å²) in [6, 6.07) is 11.2. The SMILES string of the molecule is NC(=O)CN(Cc1ccccc1N)c1ccc(Br)cn1. The fourth-order valence-corrected chi connectivity index (χ4v) is 2.08. The standard InChI is InChI=1S/C14H15BrN4O/c15-11-5-6-14(18-7-11)19(9-13(17)20)8-10-3-1-2-4-12(10)16/h1-7H,8-9,16H2,(H2,17,20). The third-order valence-corrected chi connectivity index (χ3v) is 3.27. The molecule has 5 nitrogen and oxygen atoms in total. The fraction of sp³-hybridized carbons (Fsp3) is 0.143. The monoisotopic (exact) mass is 334 g/mol. The summed E-state index contributed by atoms with van der Waals surface area (Å²) in [5, 5.41) is 0. The Hall–Kier alpha value is -2.08. The highest BCUT2D eigenvalue weighted by atomic mass is 79.9. The zero-order valence-electron chi connectivity index (χ0n) is 10.8. The Morgan fingerprint density at radius 2 is 2.00 bits per heavy atom. The van der Waals surface area contributed by atoms with Crippen molar-refractivity contribution in [3.05, 3.63) is 52.6 Å². The zero-order chi connectivity index (χ0) is 14.5. The van der Waals surface area contributed by atoms with Crippen LogP contribution >= 0.6 is 15.9 Å². The molecule has 0 saturated carbocycles. The van der Waals surface area contributed by atoms with Crippen LogP contribution in [0.5, 0.6) is 0 Å². The van der Waals surface area contributed by atoms with Crippen molar-refractivity contribution in [2.24, 2.45) is 5.73 Å². The quantitative estimate of drug-likeness (QED) is 0.818. The third kappa shape index (κ3) is 3.71. The lowest BCUT2D eigenvalue weighted by atomic mass is 10.1. The first-order valence-corrected chi connectivity index (χ1v) is 6.84. The van der Waals surface area contributed by atoms with Crippen LogP contribution in [0.3, 0.4) is 0 Å². The van der Waals surface area contributed by atoms with Gasteiger partial charge in [-0.1, -0.05) is 18.2 Å². The molecule has 1 amide bonds. The number of para-hydroxylation sites is 1. The first kappa shape index (κ1) is 14.3. The molecule has 0 saturated heterocycles. The molecule has 0 fully saturated rings. The number of benzene rings is 1. The second-order valence-electron chi connectivity index (χ2n) is 4.36. The van der Waals surface area contributed by atoms with Gasteiger partial charge in [-0.2, -0.15) is 0 Å². The van der Waals surface area contributed by atoms with Gasteiger partial charge in [0.05, 0.1) is 6.54 Å². The van der Waals surface area contributed by atoms with Crippen LogP contribution in [0.15, 0.2) is 47.1 Å². The Balaban J connectivity index is 2.26. The van der Waals surface area contributed by atoms with Gasteiger partial charge in [0.2, 0.25) is 5.91 Å². The molecule has 0 unspecified atom stereocenters. The number of pyridine rings is 1.